The van der Waals surface area contributed by atoms with Crippen LogP contribution in [0.5, 0.6) is 11.5 Å². The number of hydrogen-bond acceptors (Lipinski definition) is 5. The summed E-state index contributed by atoms with van der Waals surface area (Å²) in [7, 11) is 0. The minimum atomic E-state index is -0.553. The molecule has 0 aromatic heterocycles. The summed E-state index contributed by atoms with van der Waals surface area (Å²) in [5.74, 6) is 0.419. The van der Waals surface area contributed by atoms with E-state index in [-0.39, 0.29) is 28.4 Å². The van der Waals surface area contributed by atoms with Crippen molar-refractivity contribution in [2.75, 3.05) is 13.1 Å². The van der Waals surface area contributed by atoms with Crippen molar-refractivity contribution in [3.05, 3.63) is 63.2 Å². The van der Waals surface area contributed by atoms with Crippen LogP contribution in [0, 0.1) is 10.1 Å². The smallest absolute Gasteiger partial charge is 0.313 e. The average Bonchev–Trinajstić information content (AvgIpc) is 2.69. The van der Waals surface area contributed by atoms with Gasteiger partial charge in [-0.1, -0.05) is 11.6 Å². The zero-order chi connectivity index (χ0) is 19.4. The fraction of sp³-hybridized carbons (Fsp3) is 0.316. The molecule has 3 rings (SSSR count). The highest BCUT2D eigenvalue weighted by Gasteiger charge is 2.26. The second-order valence-electron chi connectivity index (χ2n) is 6.38. The molecule has 0 spiro atoms. The van der Waals surface area contributed by atoms with Crippen molar-refractivity contribution >= 4 is 23.2 Å². The third-order valence-corrected chi connectivity index (χ3v) is 4.84. The summed E-state index contributed by atoms with van der Waals surface area (Å²) in [5.41, 5.74) is 6.11. The first-order valence-corrected chi connectivity index (χ1v) is 9.10. The summed E-state index contributed by atoms with van der Waals surface area (Å²) in [4.78, 5) is 25.2. The molecule has 142 valence electrons. The van der Waals surface area contributed by atoms with Crippen LogP contribution in [0.15, 0.2) is 42.5 Å². The first-order chi connectivity index (χ1) is 13.0. The normalized spacial score (nSPS) is 16.8. The second-order valence-corrected chi connectivity index (χ2v) is 6.82. The molecule has 1 fully saturated rings. The Balaban J connectivity index is 1.76. The lowest BCUT2D eigenvalue weighted by Gasteiger charge is -2.35. The molecule has 27 heavy (non-hydrogen) atoms. The molecule has 1 amide bonds. The van der Waals surface area contributed by atoms with Crippen LogP contribution in [0.2, 0.25) is 5.02 Å². The second kappa shape index (κ2) is 8.37. The van der Waals surface area contributed by atoms with E-state index in [9.17, 15) is 14.9 Å². The number of piperidine rings is 1. The van der Waals surface area contributed by atoms with Gasteiger partial charge in [0.25, 0.3) is 5.91 Å². The van der Waals surface area contributed by atoms with E-state index in [1.54, 1.807) is 24.3 Å². The zero-order valence-corrected chi connectivity index (χ0v) is 15.4. The number of ether oxygens (including phenoxy) is 1. The molecular weight excluding hydrogens is 370 g/mol. The van der Waals surface area contributed by atoms with Crippen LogP contribution in [-0.4, -0.2) is 34.9 Å². The number of nitrogens with zero attached hydrogens (tertiary/aromatic N) is 2. The van der Waals surface area contributed by atoms with Gasteiger partial charge in [-0.3, -0.25) is 14.9 Å². The third-order valence-electron chi connectivity index (χ3n) is 4.61. The van der Waals surface area contributed by atoms with Crippen molar-refractivity contribution in [2.24, 2.45) is 5.73 Å². The number of amides is 1. The van der Waals surface area contributed by atoms with E-state index in [4.69, 9.17) is 22.1 Å². The fourth-order valence-electron chi connectivity index (χ4n) is 3.19. The van der Waals surface area contributed by atoms with Gasteiger partial charge in [0.1, 0.15) is 5.75 Å². The van der Waals surface area contributed by atoms with Gasteiger partial charge in [-0.2, -0.15) is 0 Å². The molecule has 1 saturated heterocycles. The van der Waals surface area contributed by atoms with Gasteiger partial charge in [0.2, 0.25) is 5.75 Å². The molecule has 0 saturated carbocycles. The summed E-state index contributed by atoms with van der Waals surface area (Å²) in [6, 6.07) is 10.8. The molecule has 0 bridgehead atoms. The number of carbonyl (C=O) groups is 1. The van der Waals surface area contributed by atoms with Crippen LogP contribution < -0.4 is 10.5 Å². The Morgan fingerprint density at radius 2 is 2.00 bits per heavy atom. The van der Waals surface area contributed by atoms with Gasteiger partial charge in [-0.25, -0.2) is 0 Å². The monoisotopic (exact) mass is 389 g/mol. The van der Waals surface area contributed by atoms with Gasteiger partial charge in [0.15, 0.2) is 0 Å². The number of nitro groups is 1. The van der Waals surface area contributed by atoms with Crippen LogP contribution in [0.25, 0.3) is 0 Å². The summed E-state index contributed by atoms with van der Waals surface area (Å²) >= 11 is 5.81. The van der Waals surface area contributed by atoms with Crippen molar-refractivity contribution in [1.29, 1.82) is 0 Å². The van der Waals surface area contributed by atoms with Crippen LogP contribution in [-0.2, 0) is 0 Å². The van der Waals surface area contributed by atoms with E-state index in [0.29, 0.717) is 24.4 Å². The Bertz CT molecular complexity index is 841. The van der Waals surface area contributed by atoms with Gasteiger partial charge >= 0.3 is 5.69 Å². The molecule has 8 heteroatoms. The molecule has 1 atom stereocenters. The topological polar surface area (TPSA) is 98.7 Å². The number of halogens is 1. The van der Waals surface area contributed by atoms with Crippen LogP contribution >= 0.6 is 11.6 Å². The number of carbonyl (C=O) groups excluding carboxylic acids is 1. The Morgan fingerprint density at radius 3 is 2.67 bits per heavy atom. The zero-order valence-electron chi connectivity index (χ0n) is 14.6. The van der Waals surface area contributed by atoms with E-state index in [2.05, 4.69) is 0 Å². The standard InChI is InChI=1S/C19H20ClN3O4/c20-14-6-9-18(17(11-14)23(25)26)27-16-7-4-13(5-8-16)19(24)22-10-2-1-3-15(22)12-21/h4-9,11,15H,1-3,10,12,21H2. The number of hydrogen-bond donors (Lipinski definition) is 1. The minimum Gasteiger partial charge on any atom is -0.450 e. The number of likely N-dealkylation sites (tertiary alicyclic amines) is 1. The quantitative estimate of drug-likeness (QED) is 0.615. The van der Waals surface area contributed by atoms with Gasteiger partial charge in [-0.05, 0) is 55.7 Å². The molecule has 1 aliphatic rings. The largest absolute Gasteiger partial charge is 0.450 e. The molecule has 0 aliphatic carbocycles. The molecule has 0 radical (unpaired) electrons. The summed E-state index contributed by atoms with van der Waals surface area (Å²) in [6.07, 6.45) is 2.98. The lowest BCUT2D eigenvalue weighted by Crippen LogP contribution is -2.47. The van der Waals surface area contributed by atoms with E-state index in [0.717, 1.165) is 19.3 Å². The fourth-order valence-corrected chi connectivity index (χ4v) is 3.36. The first-order valence-electron chi connectivity index (χ1n) is 8.72. The highest BCUT2D eigenvalue weighted by atomic mass is 35.5. The first kappa shape index (κ1) is 19.1. The summed E-state index contributed by atoms with van der Waals surface area (Å²) in [5, 5.41) is 11.4. The van der Waals surface area contributed by atoms with Gasteiger partial charge in [0.05, 0.1) is 4.92 Å². The minimum absolute atomic E-state index is 0.0610. The Kier molecular flexibility index (Phi) is 5.93. The van der Waals surface area contributed by atoms with Gasteiger partial charge < -0.3 is 15.4 Å². The third kappa shape index (κ3) is 4.37. The van der Waals surface area contributed by atoms with Gasteiger partial charge in [-0.15, -0.1) is 0 Å². The molecule has 2 aromatic rings. The van der Waals surface area contributed by atoms with Crippen molar-refractivity contribution in [3.8, 4) is 11.5 Å². The lowest BCUT2D eigenvalue weighted by atomic mass is 10.0. The Labute approximate surface area is 161 Å². The van der Waals surface area contributed by atoms with Crippen molar-refractivity contribution in [3.63, 3.8) is 0 Å². The molecule has 1 unspecified atom stereocenters. The molecule has 2 aromatic carbocycles. The van der Waals surface area contributed by atoms with Crippen LogP contribution in [0.1, 0.15) is 29.6 Å². The van der Waals surface area contributed by atoms with E-state index in [1.165, 1.54) is 18.2 Å². The maximum atomic E-state index is 12.7. The molecule has 7 nitrogen and oxygen atoms in total. The van der Waals surface area contributed by atoms with E-state index in [1.807, 2.05) is 4.90 Å². The molecular formula is C19H20ClN3O4. The molecule has 1 aliphatic heterocycles. The van der Waals surface area contributed by atoms with Crippen LogP contribution in [0.3, 0.4) is 0 Å². The van der Waals surface area contributed by atoms with E-state index < -0.39 is 4.92 Å². The number of nitro benzene ring substituents is 1. The predicted octanol–water partition coefficient (Wildman–Crippen LogP) is 3.99. The van der Waals surface area contributed by atoms with Crippen molar-refractivity contribution < 1.29 is 14.5 Å². The van der Waals surface area contributed by atoms with Crippen molar-refractivity contribution in [2.45, 2.75) is 25.3 Å². The van der Waals surface area contributed by atoms with Gasteiger partial charge in [0, 0.05) is 35.8 Å². The highest BCUT2D eigenvalue weighted by Crippen LogP contribution is 2.33. The Hall–Kier alpha value is -2.64. The Morgan fingerprint density at radius 1 is 1.26 bits per heavy atom. The molecule has 1 heterocycles. The summed E-state index contributed by atoms with van der Waals surface area (Å²) in [6.45, 7) is 1.16. The average molecular weight is 390 g/mol. The number of rotatable bonds is 5. The van der Waals surface area contributed by atoms with Crippen molar-refractivity contribution in [1.82, 2.24) is 4.90 Å². The molecule has 2 N–H and O–H groups in total. The highest BCUT2D eigenvalue weighted by molar-refractivity contribution is 6.30. The predicted molar refractivity (Wildman–Crippen MR) is 102 cm³/mol. The lowest BCUT2D eigenvalue weighted by molar-refractivity contribution is -0.385. The maximum absolute atomic E-state index is 12.7. The van der Waals surface area contributed by atoms with E-state index >= 15 is 0 Å². The number of benzene rings is 2. The maximum Gasteiger partial charge on any atom is 0.313 e. The number of nitrogens with two attached hydrogens (primary N) is 1. The SMILES string of the molecule is NCC1CCCCN1C(=O)c1ccc(Oc2ccc(Cl)cc2[N+](=O)[O-])cc1. The van der Waals surface area contributed by atoms with Crippen LogP contribution in [0.4, 0.5) is 5.69 Å². The summed E-state index contributed by atoms with van der Waals surface area (Å²) < 4.78 is 5.60.